The predicted molar refractivity (Wildman–Crippen MR) is 54.5 cm³/mol. The summed E-state index contributed by atoms with van der Waals surface area (Å²) in [5.74, 6) is -0.465. The van der Waals surface area contributed by atoms with E-state index in [-0.39, 0.29) is 5.02 Å². The van der Waals surface area contributed by atoms with Crippen LogP contribution in [0.5, 0.6) is 0 Å². The van der Waals surface area contributed by atoms with Crippen molar-refractivity contribution in [2.45, 2.75) is 0 Å². The predicted octanol–water partition coefficient (Wildman–Crippen LogP) is 4.77. The highest BCUT2D eigenvalue weighted by atomic mass is 79.9. The molecule has 0 amide bonds. The number of hydrogen-bond donors (Lipinski definition) is 0. The molecule has 1 aromatic rings. The first-order valence-corrected chi connectivity index (χ1v) is 5.28. The lowest BCUT2D eigenvalue weighted by Gasteiger charge is -2.01. The Bertz CT molecular complexity index is 274. The third kappa shape index (κ3) is 1.97. The molecule has 5 heteroatoms. The molecule has 0 heterocycles. The molecule has 0 saturated heterocycles. The molecule has 0 N–H and O–H groups in total. The van der Waals surface area contributed by atoms with E-state index in [1.807, 2.05) is 0 Å². The normalized spacial score (nSPS) is 10.3. The van der Waals surface area contributed by atoms with Gasteiger partial charge < -0.3 is 0 Å². The molecule has 0 nitrogen and oxygen atoms in total. The van der Waals surface area contributed by atoms with Crippen molar-refractivity contribution in [3.05, 3.63) is 30.3 Å². The Hall–Kier alpha value is 0.880. The fourth-order valence-corrected chi connectivity index (χ4v) is 2.23. The Balaban J connectivity index is 3.46. The Kier molecular flexibility index (Phi) is 3.38. The van der Waals surface area contributed by atoms with Gasteiger partial charge in [-0.25, -0.2) is 4.39 Å². The second-order valence-electron chi connectivity index (χ2n) is 1.78. The molecular weight excluding hydrogens is 366 g/mol. The fourth-order valence-electron chi connectivity index (χ4n) is 0.544. The smallest absolute Gasteiger partial charge is 0.158 e. The van der Waals surface area contributed by atoms with Gasteiger partial charge in [-0.1, -0.05) is 11.6 Å². The van der Waals surface area contributed by atoms with E-state index in [0.29, 0.717) is 13.4 Å². The minimum Gasteiger partial charge on any atom is -0.204 e. The maximum absolute atomic E-state index is 13.0. The van der Waals surface area contributed by atoms with Gasteiger partial charge in [0, 0.05) is 8.95 Å². The Morgan fingerprint density at radius 3 is 2.27 bits per heavy atom. The van der Waals surface area contributed by atoms with Crippen LogP contribution >= 0.6 is 59.4 Å². The molecule has 1 aromatic carbocycles. The minimum atomic E-state index is -0.465. The first-order chi connectivity index (χ1) is 5.04. The largest absolute Gasteiger partial charge is 0.204 e. The molecule has 0 radical (unpaired) electrons. The molecule has 0 saturated carbocycles. The zero-order chi connectivity index (χ0) is 8.59. The molecule has 0 fully saturated rings. The topological polar surface area (TPSA) is 0 Å². The maximum Gasteiger partial charge on any atom is 0.158 e. The maximum atomic E-state index is 13.0. The molecule has 0 spiro atoms. The molecule has 11 heavy (non-hydrogen) atoms. The zero-order valence-corrected chi connectivity index (χ0v) is 10.5. The van der Waals surface area contributed by atoms with Crippen molar-refractivity contribution in [3.63, 3.8) is 0 Å². The Morgan fingerprint density at radius 1 is 1.18 bits per heavy atom. The van der Waals surface area contributed by atoms with Crippen molar-refractivity contribution in [1.29, 1.82) is 0 Å². The van der Waals surface area contributed by atoms with Crippen LogP contribution in [-0.2, 0) is 0 Å². The number of benzene rings is 1. The van der Waals surface area contributed by atoms with E-state index in [1.165, 1.54) is 0 Å². The molecule has 0 aromatic heterocycles. The molecule has 0 bridgehead atoms. The monoisotopic (exact) mass is 364 g/mol. The van der Waals surface area contributed by atoms with Crippen LogP contribution in [0.4, 0.5) is 4.39 Å². The Labute approximate surface area is 93.5 Å². The number of rotatable bonds is 0. The van der Waals surface area contributed by atoms with Gasteiger partial charge in [-0.15, -0.1) is 0 Å². The van der Waals surface area contributed by atoms with Crippen molar-refractivity contribution < 1.29 is 4.39 Å². The third-order valence-corrected chi connectivity index (χ3v) is 4.21. The van der Waals surface area contributed by atoms with E-state index in [0.717, 1.165) is 0 Å². The molecule has 0 aliphatic heterocycles. The summed E-state index contributed by atoms with van der Waals surface area (Å²) in [6.07, 6.45) is 0. The first kappa shape index (κ1) is 9.96. The van der Waals surface area contributed by atoms with E-state index < -0.39 is 5.82 Å². The van der Waals surface area contributed by atoms with Crippen LogP contribution in [-0.4, -0.2) is 0 Å². The van der Waals surface area contributed by atoms with E-state index in [1.54, 1.807) is 6.07 Å². The number of hydrogen-bond acceptors (Lipinski definition) is 0. The van der Waals surface area contributed by atoms with Gasteiger partial charge in [0.1, 0.15) is 0 Å². The van der Waals surface area contributed by atoms with Gasteiger partial charge >= 0.3 is 0 Å². The standard InChI is InChI=1S/C6HBr3ClF/c7-2-1-3(8)5(10)6(11)4(2)9/h1H. The van der Waals surface area contributed by atoms with Crippen LogP contribution in [0.15, 0.2) is 19.5 Å². The second-order valence-corrected chi connectivity index (χ2v) is 4.66. The van der Waals surface area contributed by atoms with Crippen LogP contribution in [0.1, 0.15) is 0 Å². The summed E-state index contributed by atoms with van der Waals surface area (Å²) in [6, 6.07) is 1.68. The lowest BCUT2D eigenvalue weighted by Crippen LogP contribution is -1.82. The molecule has 0 aliphatic rings. The van der Waals surface area contributed by atoms with E-state index in [4.69, 9.17) is 11.6 Å². The zero-order valence-electron chi connectivity index (χ0n) is 4.97. The lowest BCUT2D eigenvalue weighted by molar-refractivity contribution is 0.619. The minimum absolute atomic E-state index is 0.0834. The third-order valence-electron chi connectivity index (χ3n) is 1.06. The first-order valence-electron chi connectivity index (χ1n) is 2.52. The highest BCUT2D eigenvalue weighted by Crippen LogP contribution is 2.35. The van der Waals surface area contributed by atoms with Crippen LogP contribution in [0.3, 0.4) is 0 Å². The summed E-state index contributed by atoms with van der Waals surface area (Å²) >= 11 is 14.9. The quantitative estimate of drug-likeness (QED) is 0.458. The molecule has 1 rings (SSSR count). The Morgan fingerprint density at radius 2 is 1.73 bits per heavy atom. The summed E-state index contributed by atoms with van der Waals surface area (Å²) in [4.78, 5) is 0. The van der Waals surface area contributed by atoms with Gasteiger partial charge in [-0.2, -0.15) is 0 Å². The van der Waals surface area contributed by atoms with Gasteiger partial charge in [-0.3, -0.25) is 0 Å². The SMILES string of the molecule is Fc1c(Cl)c(Br)cc(Br)c1Br. The number of halogens is 5. The molecule has 0 aliphatic carbocycles. The van der Waals surface area contributed by atoms with Crippen molar-refractivity contribution in [1.82, 2.24) is 0 Å². The van der Waals surface area contributed by atoms with Crippen LogP contribution in [0, 0.1) is 5.82 Å². The van der Waals surface area contributed by atoms with Crippen molar-refractivity contribution in [3.8, 4) is 0 Å². The van der Waals surface area contributed by atoms with Crippen molar-refractivity contribution >= 4 is 59.4 Å². The molecular formula is C6HBr3ClF. The molecule has 60 valence electrons. The van der Waals surface area contributed by atoms with E-state index >= 15 is 0 Å². The average Bonchev–Trinajstić information content (AvgIpc) is 1.97. The van der Waals surface area contributed by atoms with Gasteiger partial charge in [0.05, 0.1) is 9.50 Å². The second kappa shape index (κ2) is 3.73. The molecule has 0 unspecified atom stereocenters. The highest BCUT2D eigenvalue weighted by molar-refractivity contribution is 9.13. The average molecular weight is 367 g/mol. The van der Waals surface area contributed by atoms with Crippen molar-refractivity contribution in [2.75, 3.05) is 0 Å². The van der Waals surface area contributed by atoms with E-state index in [9.17, 15) is 4.39 Å². The lowest BCUT2D eigenvalue weighted by atomic mass is 10.3. The van der Waals surface area contributed by atoms with Gasteiger partial charge in [0.15, 0.2) is 5.82 Å². The van der Waals surface area contributed by atoms with Gasteiger partial charge in [-0.05, 0) is 53.9 Å². The van der Waals surface area contributed by atoms with Crippen molar-refractivity contribution in [2.24, 2.45) is 0 Å². The van der Waals surface area contributed by atoms with Crippen LogP contribution in [0.2, 0.25) is 5.02 Å². The van der Waals surface area contributed by atoms with Gasteiger partial charge in [0.2, 0.25) is 0 Å². The van der Waals surface area contributed by atoms with Crippen LogP contribution in [0.25, 0.3) is 0 Å². The van der Waals surface area contributed by atoms with Crippen LogP contribution < -0.4 is 0 Å². The van der Waals surface area contributed by atoms with E-state index in [2.05, 4.69) is 47.8 Å². The fraction of sp³-hybridized carbons (Fsp3) is 0. The summed E-state index contributed by atoms with van der Waals surface area (Å²) in [5, 5.41) is 0.0834. The highest BCUT2D eigenvalue weighted by Gasteiger charge is 2.11. The summed E-state index contributed by atoms with van der Waals surface area (Å²) in [7, 11) is 0. The summed E-state index contributed by atoms with van der Waals surface area (Å²) in [5.41, 5.74) is 0. The molecule has 0 atom stereocenters. The summed E-state index contributed by atoms with van der Waals surface area (Å²) in [6.45, 7) is 0. The summed E-state index contributed by atoms with van der Waals surface area (Å²) < 4.78 is 14.5. The van der Waals surface area contributed by atoms with Gasteiger partial charge in [0.25, 0.3) is 0 Å².